The van der Waals surface area contributed by atoms with Crippen molar-refractivity contribution in [3.05, 3.63) is 65.4 Å². The molecular formula is C19H16F2N2O. The van der Waals surface area contributed by atoms with Crippen LogP contribution in [0.5, 0.6) is 0 Å². The fraction of sp³-hybridized carbons (Fsp3) is 0.158. The summed E-state index contributed by atoms with van der Waals surface area (Å²) in [5, 5.41) is 4.53. The van der Waals surface area contributed by atoms with Gasteiger partial charge in [-0.2, -0.15) is 5.10 Å². The largest absolute Gasteiger partial charge is 0.299 e. The molecule has 0 fully saturated rings. The summed E-state index contributed by atoms with van der Waals surface area (Å²) in [7, 11) is 0. The Balaban J connectivity index is 2.38. The molecule has 122 valence electrons. The molecule has 2 heterocycles. The van der Waals surface area contributed by atoms with Gasteiger partial charge in [0.1, 0.15) is 6.29 Å². The van der Waals surface area contributed by atoms with Crippen molar-refractivity contribution < 1.29 is 13.6 Å². The smallest absolute Gasteiger partial charge is 0.159 e. The van der Waals surface area contributed by atoms with Crippen LogP contribution in [0, 0.1) is 11.6 Å². The van der Waals surface area contributed by atoms with Gasteiger partial charge < -0.3 is 0 Å². The molecule has 1 aromatic carbocycles. The molecule has 3 rings (SSSR count). The summed E-state index contributed by atoms with van der Waals surface area (Å²) >= 11 is 0. The molecule has 24 heavy (non-hydrogen) atoms. The van der Waals surface area contributed by atoms with Crippen LogP contribution < -0.4 is 0 Å². The maximum atomic E-state index is 13.7. The number of hydrogen-bond acceptors (Lipinski definition) is 2. The molecule has 0 aliphatic rings. The van der Waals surface area contributed by atoms with E-state index in [-0.39, 0.29) is 5.92 Å². The van der Waals surface area contributed by atoms with Crippen molar-refractivity contribution in [2.75, 3.05) is 0 Å². The highest BCUT2D eigenvalue weighted by molar-refractivity contribution is 5.83. The van der Waals surface area contributed by atoms with Crippen LogP contribution in [0.1, 0.15) is 30.9 Å². The van der Waals surface area contributed by atoms with E-state index in [9.17, 15) is 13.6 Å². The summed E-state index contributed by atoms with van der Waals surface area (Å²) in [6.07, 6.45) is 5.53. The van der Waals surface area contributed by atoms with Crippen LogP contribution in [-0.4, -0.2) is 15.9 Å². The second kappa shape index (κ2) is 6.35. The third-order valence-corrected chi connectivity index (χ3v) is 3.87. The lowest BCUT2D eigenvalue weighted by Crippen LogP contribution is -2.05. The molecule has 0 aliphatic carbocycles. The van der Waals surface area contributed by atoms with Gasteiger partial charge in [-0.25, -0.2) is 13.3 Å². The molecule has 0 radical (unpaired) electrons. The summed E-state index contributed by atoms with van der Waals surface area (Å²) in [4.78, 5) is 10.8. The van der Waals surface area contributed by atoms with Crippen LogP contribution in [0.3, 0.4) is 0 Å². The van der Waals surface area contributed by atoms with Gasteiger partial charge in [0.05, 0.1) is 11.2 Å². The maximum Gasteiger partial charge on any atom is 0.159 e. The highest BCUT2D eigenvalue weighted by atomic mass is 19.2. The molecule has 0 saturated heterocycles. The van der Waals surface area contributed by atoms with Crippen LogP contribution in [0.4, 0.5) is 8.78 Å². The highest BCUT2D eigenvalue weighted by Gasteiger charge is 2.18. The summed E-state index contributed by atoms with van der Waals surface area (Å²) in [6.45, 7) is 4.07. The van der Waals surface area contributed by atoms with E-state index >= 15 is 0 Å². The van der Waals surface area contributed by atoms with Crippen LogP contribution in [0.15, 0.2) is 42.6 Å². The molecule has 2 aromatic heterocycles. The SMILES string of the molecule is CC(C)c1c(/C=C/C=O)c(-c2ccc(F)c(F)c2)nn2cccc12. The summed E-state index contributed by atoms with van der Waals surface area (Å²) in [5.74, 6) is -1.69. The molecule has 0 aliphatic heterocycles. The zero-order chi connectivity index (χ0) is 17.3. The van der Waals surface area contributed by atoms with Crippen molar-refractivity contribution >= 4 is 17.9 Å². The lowest BCUT2D eigenvalue weighted by atomic mass is 9.93. The molecule has 3 aromatic rings. The monoisotopic (exact) mass is 326 g/mol. The summed E-state index contributed by atoms with van der Waals surface area (Å²) < 4.78 is 28.7. The average Bonchev–Trinajstić information content (AvgIpc) is 3.01. The second-order valence-corrected chi connectivity index (χ2v) is 5.79. The molecule has 0 atom stereocenters. The first-order valence-corrected chi connectivity index (χ1v) is 7.61. The Kier molecular flexibility index (Phi) is 4.25. The van der Waals surface area contributed by atoms with Gasteiger partial charge in [0, 0.05) is 17.3 Å². The third kappa shape index (κ3) is 2.73. The van der Waals surface area contributed by atoms with Crippen molar-refractivity contribution in [3.63, 3.8) is 0 Å². The number of halogens is 2. The molecule has 0 spiro atoms. The zero-order valence-corrected chi connectivity index (χ0v) is 13.3. The van der Waals surface area contributed by atoms with E-state index in [0.717, 1.165) is 28.8 Å². The van der Waals surface area contributed by atoms with E-state index in [1.807, 2.05) is 26.0 Å². The van der Waals surface area contributed by atoms with Gasteiger partial charge in [-0.15, -0.1) is 0 Å². The van der Waals surface area contributed by atoms with Crippen LogP contribution >= 0.6 is 0 Å². The molecule has 3 nitrogen and oxygen atoms in total. The van der Waals surface area contributed by atoms with E-state index in [2.05, 4.69) is 5.10 Å². The fourth-order valence-corrected chi connectivity index (χ4v) is 2.87. The molecule has 0 N–H and O–H groups in total. The van der Waals surface area contributed by atoms with E-state index < -0.39 is 11.6 Å². The van der Waals surface area contributed by atoms with Gasteiger partial charge in [0.25, 0.3) is 0 Å². The number of aromatic nitrogens is 2. The number of fused-ring (bicyclic) bond motifs is 1. The van der Waals surface area contributed by atoms with Crippen molar-refractivity contribution in [1.82, 2.24) is 9.61 Å². The van der Waals surface area contributed by atoms with Gasteiger partial charge in [-0.1, -0.05) is 13.8 Å². The van der Waals surface area contributed by atoms with Gasteiger partial charge in [0.2, 0.25) is 0 Å². The van der Waals surface area contributed by atoms with Crippen molar-refractivity contribution in [2.24, 2.45) is 0 Å². The third-order valence-electron chi connectivity index (χ3n) is 3.87. The Morgan fingerprint density at radius 2 is 1.96 bits per heavy atom. The first-order chi connectivity index (χ1) is 11.5. The normalized spacial score (nSPS) is 11.7. The van der Waals surface area contributed by atoms with Crippen LogP contribution in [-0.2, 0) is 4.79 Å². The van der Waals surface area contributed by atoms with E-state index in [1.54, 1.807) is 16.8 Å². The quantitative estimate of drug-likeness (QED) is 0.518. The van der Waals surface area contributed by atoms with Gasteiger partial charge in [-0.05, 0) is 54.0 Å². The Morgan fingerprint density at radius 1 is 1.17 bits per heavy atom. The van der Waals surface area contributed by atoms with Gasteiger partial charge >= 0.3 is 0 Å². The number of nitrogens with zero attached hydrogens (tertiary/aromatic N) is 2. The first kappa shape index (κ1) is 16.1. The van der Waals surface area contributed by atoms with Crippen molar-refractivity contribution in [3.8, 4) is 11.3 Å². The Bertz CT molecular complexity index is 942. The predicted molar refractivity (Wildman–Crippen MR) is 89.7 cm³/mol. The number of hydrogen-bond donors (Lipinski definition) is 0. The van der Waals surface area contributed by atoms with Crippen molar-refractivity contribution in [2.45, 2.75) is 19.8 Å². The molecule has 5 heteroatoms. The fourth-order valence-electron chi connectivity index (χ4n) is 2.87. The summed E-state index contributed by atoms with van der Waals surface area (Å²) in [6, 6.07) is 7.49. The Morgan fingerprint density at radius 3 is 2.62 bits per heavy atom. The zero-order valence-electron chi connectivity index (χ0n) is 13.3. The molecule has 0 bridgehead atoms. The molecule has 0 saturated carbocycles. The minimum absolute atomic E-state index is 0.153. The minimum Gasteiger partial charge on any atom is -0.299 e. The van der Waals surface area contributed by atoms with Crippen LogP contribution in [0.25, 0.3) is 22.9 Å². The second-order valence-electron chi connectivity index (χ2n) is 5.79. The Labute approximate surface area is 138 Å². The highest BCUT2D eigenvalue weighted by Crippen LogP contribution is 2.33. The minimum atomic E-state index is -0.932. The van der Waals surface area contributed by atoms with Gasteiger partial charge in [-0.3, -0.25) is 4.79 Å². The lowest BCUT2D eigenvalue weighted by Gasteiger charge is -2.16. The molecule has 0 amide bonds. The average molecular weight is 326 g/mol. The van der Waals surface area contributed by atoms with E-state index in [1.165, 1.54) is 12.1 Å². The molecule has 0 unspecified atom stereocenters. The van der Waals surface area contributed by atoms with E-state index in [4.69, 9.17) is 0 Å². The first-order valence-electron chi connectivity index (χ1n) is 7.61. The summed E-state index contributed by atoms with van der Waals surface area (Å²) in [5.41, 5.74) is 3.60. The number of benzene rings is 1. The standard InChI is InChI=1S/C19H16F2N2O/c1-12(2)18-14(5-4-10-24)19(22-23-9-3-6-17(18)23)13-7-8-15(20)16(21)11-13/h3-12H,1-2H3/b5-4+. The number of aldehydes is 1. The Hall–Kier alpha value is -2.82. The maximum absolute atomic E-state index is 13.7. The lowest BCUT2D eigenvalue weighted by molar-refractivity contribution is -0.104. The number of rotatable bonds is 4. The van der Waals surface area contributed by atoms with Crippen molar-refractivity contribution in [1.29, 1.82) is 0 Å². The molecular weight excluding hydrogens is 310 g/mol. The number of carbonyl (C=O) groups excluding carboxylic acids is 1. The van der Waals surface area contributed by atoms with Gasteiger partial charge in [0.15, 0.2) is 11.6 Å². The topological polar surface area (TPSA) is 34.4 Å². The number of allylic oxidation sites excluding steroid dienone is 1. The predicted octanol–water partition coefficient (Wildman–Crippen LogP) is 4.62. The number of carbonyl (C=O) groups is 1. The van der Waals surface area contributed by atoms with Crippen LogP contribution in [0.2, 0.25) is 0 Å². The van der Waals surface area contributed by atoms with E-state index in [0.29, 0.717) is 17.5 Å².